The summed E-state index contributed by atoms with van der Waals surface area (Å²) in [6, 6.07) is 12.6. The van der Waals surface area contributed by atoms with Gasteiger partial charge in [0, 0.05) is 3.57 Å². The lowest BCUT2D eigenvalue weighted by molar-refractivity contribution is 0.0692. The van der Waals surface area contributed by atoms with Gasteiger partial charge in [-0.3, -0.25) is 0 Å². The molecule has 0 aliphatic heterocycles. The molecule has 5 heteroatoms. The number of hydrogen-bond donors (Lipinski definition) is 1. The first-order chi connectivity index (χ1) is 9.08. The number of carbonyl (C=O) groups is 1. The van der Waals surface area contributed by atoms with E-state index in [0.29, 0.717) is 6.61 Å². The molecule has 0 fully saturated rings. The highest BCUT2D eigenvalue weighted by atomic mass is 127. The summed E-state index contributed by atoms with van der Waals surface area (Å²) in [5, 5.41) is 9.29. The topological polar surface area (TPSA) is 46.5 Å². The average Bonchev–Trinajstić information content (AvgIpc) is 2.37. The number of halogens is 2. The summed E-state index contributed by atoms with van der Waals surface area (Å²) in [6.45, 7) is 0.303. The molecule has 98 valence electrons. The maximum absolute atomic E-state index is 11.1. The summed E-state index contributed by atoms with van der Waals surface area (Å²) in [7, 11) is 0. The van der Waals surface area contributed by atoms with Crippen LogP contribution >= 0.6 is 34.2 Å². The van der Waals surface area contributed by atoms with Crippen molar-refractivity contribution in [1.82, 2.24) is 0 Å². The lowest BCUT2D eigenvalue weighted by atomic mass is 10.2. The van der Waals surface area contributed by atoms with Crippen LogP contribution in [0, 0.1) is 3.57 Å². The van der Waals surface area contributed by atoms with Gasteiger partial charge in [0.1, 0.15) is 17.9 Å². The van der Waals surface area contributed by atoms with E-state index in [9.17, 15) is 4.79 Å². The van der Waals surface area contributed by atoms with Crippen LogP contribution in [-0.2, 0) is 6.61 Å². The second-order valence-corrected chi connectivity index (χ2v) is 5.49. The normalized spacial score (nSPS) is 10.2. The number of aromatic carboxylic acids is 1. The predicted molar refractivity (Wildman–Crippen MR) is 81.9 cm³/mol. The number of benzene rings is 2. The van der Waals surface area contributed by atoms with Gasteiger partial charge >= 0.3 is 5.97 Å². The van der Waals surface area contributed by atoms with Crippen LogP contribution in [-0.4, -0.2) is 11.1 Å². The van der Waals surface area contributed by atoms with Gasteiger partial charge in [0.2, 0.25) is 0 Å². The number of rotatable bonds is 4. The molecule has 0 heterocycles. The zero-order valence-electron chi connectivity index (χ0n) is 9.77. The van der Waals surface area contributed by atoms with E-state index in [2.05, 4.69) is 22.6 Å². The molecule has 0 saturated carbocycles. The second kappa shape index (κ2) is 6.25. The third-order valence-corrected chi connectivity index (χ3v) is 3.53. The highest BCUT2D eigenvalue weighted by Gasteiger charge is 2.15. The predicted octanol–water partition coefficient (Wildman–Crippen LogP) is 4.22. The Hall–Kier alpha value is -1.27. The van der Waals surface area contributed by atoms with Crippen molar-refractivity contribution in [2.24, 2.45) is 0 Å². The van der Waals surface area contributed by atoms with Crippen LogP contribution in [0.5, 0.6) is 5.75 Å². The van der Waals surface area contributed by atoms with Gasteiger partial charge in [-0.15, -0.1) is 0 Å². The van der Waals surface area contributed by atoms with Gasteiger partial charge in [0.05, 0.1) is 5.02 Å². The van der Waals surface area contributed by atoms with E-state index in [1.165, 1.54) is 6.07 Å². The molecule has 0 aliphatic carbocycles. The molecule has 0 unspecified atom stereocenters. The summed E-state index contributed by atoms with van der Waals surface area (Å²) < 4.78 is 6.67. The van der Waals surface area contributed by atoms with Gasteiger partial charge in [-0.2, -0.15) is 0 Å². The van der Waals surface area contributed by atoms with Gasteiger partial charge in [-0.1, -0.05) is 29.8 Å². The number of ether oxygens (including phenoxy) is 1. The molecule has 0 amide bonds. The van der Waals surface area contributed by atoms with Gasteiger partial charge in [0.15, 0.2) is 0 Å². The van der Waals surface area contributed by atoms with Gasteiger partial charge in [0.25, 0.3) is 0 Å². The van der Waals surface area contributed by atoms with E-state index in [1.807, 2.05) is 24.3 Å². The van der Waals surface area contributed by atoms with Crippen LogP contribution in [0.25, 0.3) is 0 Å². The Morgan fingerprint density at radius 1 is 1.21 bits per heavy atom. The van der Waals surface area contributed by atoms with Crippen LogP contribution in [0.15, 0.2) is 42.5 Å². The highest BCUT2D eigenvalue weighted by Crippen LogP contribution is 2.27. The standard InChI is InChI=1S/C14H10ClIO3/c15-11-2-1-3-12(13(11)14(17)18)19-8-9-4-6-10(16)7-5-9/h1-7H,8H2,(H,17,18). The monoisotopic (exact) mass is 388 g/mol. The molecule has 2 aromatic carbocycles. The molecular formula is C14H10ClIO3. The van der Waals surface area contributed by atoms with Crippen LogP contribution in [0.1, 0.15) is 15.9 Å². The SMILES string of the molecule is O=C(O)c1c(Cl)cccc1OCc1ccc(I)cc1. The Morgan fingerprint density at radius 2 is 1.89 bits per heavy atom. The van der Waals surface area contributed by atoms with Gasteiger partial charge in [-0.25, -0.2) is 4.79 Å². The van der Waals surface area contributed by atoms with Crippen molar-refractivity contribution >= 4 is 40.2 Å². The van der Waals surface area contributed by atoms with Crippen molar-refractivity contribution in [1.29, 1.82) is 0 Å². The van der Waals surface area contributed by atoms with Crippen LogP contribution in [0.4, 0.5) is 0 Å². The van der Waals surface area contributed by atoms with Gasteiger partial charge in [-0.05, 0) is 52.4 Å². The molecule has 0 radical (unpaired) electrons. The molecule has 0 aromatic heterocycles. The van der Waals surface area contributed by atoms with Crippen LogP contribution in [0.2, 0.25) is 5.02 Å². The lowest BCUT2D eigenvalue weighted by Gasteiger charge is -2.10. The smallest absolute Gasteiger partial charge is 0.341 e. The summed E-state index contributed by atoms with van der Waals surface area (Å²) >= 11 is 8.08. The molecule has 0 atom stereocenters. The molecular weight excluding hydrogens is 379 g/mol. The Kier molecular flexibility index (Phi) is 4.66. The molecule has 0 spiro atoms. The molecule has 19 heavy (non-hydrogen) atoms. The highest BCUT2D eigenvalue weighted by molar-refractivity contribution is 14.1. The minimum Gasteiger partial charge on any atom is -0.488 e. The molecule has 2 rings (SSSR count). The minimum atomic E-state index is -1.09. The molecule has 0 aliphatic rings. The minimum absolute atomic E-state index is 0.00493. The van der Waals surface area contributed by atoms with E-state index < -0.39 is 5.97 Å². The maximum Gasteiger partial charge on any atom is 0.341 e. The van der Waals surface area contributed by atoms with Crippen molar-refractivity contribution in [3.8, 4) is 5.75 Å². The molecule has 2 aromatic rings. The third-order valence-electron chi connectivity index (χ3n) is 2.50. The van der Waals surface area contributed by atoms with Gasteiger partial charge < -0.3 is 9.84 Å². The van der Waals surface area contributed by atoms with E-state index >= 15 is 0 Å². The molecule has 1 N–H and O–H groups in total. The van der Waals surface area contributed by atoms with Crippen molar-refractivity contribution in [2.45, 2.75) is 6.61 Å². The Morgan fingerprint density at radius 3 is 2.53 bits per heavy atom. The fourth-order valence-electron chi connectivity index (χ4n) is 1.57. The van der Waals surface area contributed by atoms with Crippen LogP contribution < -0.4 is 4.74 Å². The first-order valence-corrected chi connectivity index (χ1v) is 6.92. The van der Waals surface area contributed by atoms with E-state index in [4.69, 9.17) is 21.4 Å². The lowest BCUT2D eigenvalue weighted by Crippen LogP contribution is -2.04. The Bertz CT molecular complexity index is 596. The number of carboxylic acids is 1. The van der Waals surface area contributed by atoms with E-state index in [-0.39, 0.29) is 16.3 Å². The quantitative estimate of drug-likeness (QED) is 0.798. The van der Waals surface area contributed by atoms with Crippen LogP contribution in [0.3, 0.4) is 0 Å². The third kappa shape index (κ3) is 3.61. The molecule has 3 nitrogen and oxygen atoms in total. The zero-order chi connectivity index (χ0) is 13.8. The largest absolute Gasteiger partial charge is 0.488 e. The second-order valence-electron chi connectivity index (χ2n) is 3.83. The number of hydrogen-bond acceptors (Lipinski definition) is 2. The number of carboxylic acid groups (broad SMARTS) is 1. The first kappa shape index (κ1) is 14.1. The Balaban J connectivity index is 2.18. The summed E-state index contributed by atoms with van der Waals surface area (Å²) in [6.07, 6.45) is 0. The maximum atomic E-state index is 11.1. The van der Waals surface area contributed by atoms with E-state index in [0.717, 1.165) is 9.13 Å². The fourth-order valence-corrected chi connectivity index (χ4v) is 2.18. The summed E-state index contributed by atoms with van der Waals surface area (Å²) in [4.78, 5) is 11.1. The molecule has 0 bridgehead atoms. The van der Waals surface area contributed by atoms with Crippen molar-refractivity contribution in [2.75, 3.05) is 0 Å². The summed E-state index contributed by atoms with van der Waals surface area (Å²) in [5.74, 6) is -0.818. The summed E-state index contributed by atoms with van der Waals surface area (Å²) in [5.41, 5.74) is 0.964. The Labute approximate surface area is 129 Å². The fraction of sp³-hybridized carbons (Fsp3) is 0.0714. The first-order valence-electron chi connectivity index (χ1n) is 5.47. The zero-order valence-corrected chi connectivity index (χ0v) is 12.7. The van der Waals surface area contributed by atoms with Crippen molar-refractivity contribution in [3.63, 3.8) is 0 Å². The van der Waals surface area contributed by atoms with Crippen molar-refractivity contribution < 1.29 is 14.6 Å². The van der Waals surface area contributed by atoms with E-state index in [1.54, 1.807) is 12.1 Å². The molecule has 0 saturated heterocycles. The van der Waals surface area contributed by atoms with Crippen molar-refractivity contribution in [3.05, 3.63) is 62.2 Å². The average molecular weight is 389 g/mol.